The number of para-hydroxylation sites is 2. The number of halogens is 2. The molecule has 0 saturated heterocycles. The maximum absolute atomic E-state index is 12.2. The number of nitrogens with zero attached hydrogens (tertiary/aromatic N) is 1. The summed E-state index contributed by atoms with van der Waals surface area (Å²) in [4.78, 5) is 25.3. The summed E-state index contributed by atoms with van der Waals surface area (Å²) in [6.07, 6.45) is 0.0402. The quantitative estimate of drug-likeness (QED) is 0.767. The predicted molar refractivity (Wildman–Crippen MR) is 91.4 cm³/mol. The van der Waals surface area contributed by atoms with Crippen LogP contribution in [0.5, 0.6) is 0 Å². The van der Waals surface area contributed by atoms with Crippen LogP contribution in [-0.4, -0.2) is 19.0 Å². The van der Waals surface area contributed by atoms with Gasteiger partial charge in [0.1, 0.15) is 0 Å². The monoisotopic (exact) mass is 351 g/mol. The molecule has 0 radical (unpaired) electrons. The van der Waals surface area contributed by atoms with Crippen LogP contribution in [0.4, 0.5) is 11.4 Å². The van der Waals surface area contributed by atoms with E-state index in [2.05, 4.69) is 0 Å². The molecule has 0 aliphatic rings. The van der Waals surface area contributed by atoms with E-state index in [0.29, 0.717) is 27.0 Å². The molecule has 0 saturated carbocycles. The third kappa shape index (κ3) is 3.84. The molecule has 0 N–H and O–H groups in total. The standard InChI is InChI=1S/C17H15Cl2NO3/c1-11(21)20(17-13(18)7-5-8-14(17)19)15-9-4-3-6-12(15)10-16(22)23-2/h3-9H,10H2,1-2H3. The van der Waals surface area contributed by atoms with Gasteiger partial charge in [-0.25, -0.2) is 0 Å². The molecule has 23 heavy (non-hydrogen) atoms. The van der Waals surface area contributed by atoms with Gasteiger partial charge in [0, 0.05) is 6.92 Å². The molecule has 0 bridgehead atoms. The van der Waals surface area contributed by atoms with E-state index in [-0.39, 0.29) is 12.3 Å². The van der Waals surface area contributed by atoms with Crippen molar-refractivity contribution in [2.45, 2.75) is 13.3 Å². The van der Waals surface area contributed by atoms with Gasteiger partial charge in [0.15, 0.2) is 0 Å². The molecule has 4 nitrogen and oxygen atoms in total. The number of hydrogen-bond donors (Lipinski definition) is 0. The summed E-state index contributed by atoms with van der Waals surface area (Å²) >= 11 is 12.5. The van der Waals surface area contributed by atoms with Gasteiger partial charge in [0.05, 0.1) is 35.0 Å². The Labute approximate surface area is 144 Å². The summed E-state index contributed by atoms with van der Waals surface area (Å²) in [7, 11) is 1.32. The van der Waals surface area contributed by atoms with E-state index in [1.165, 1.54) is 18.9 Å². The molecule has 1 amide bonds. The Morgan fingerprint density at radius 2 is 1.65 bits per heavy atom. The predicted octanol–water partition coefficient (Wildman–Crippen LogP) is 4.39. The van der Waals surface area contributed by atoms with E-state index in [1.807, 2.05) is 0 Å². The Balaban J connectivity index is 2.60. The van der Waals surface area contributed by atoms with Crippen LogP contribution in [0.25, 0.3) is 0 Å². The van der Waals surface area contributed by atoms with E-state index < -0.39 is 5.97 Å². The van der Waals surface area contributed by atoms with Crippen LogP contribution < -0.4 is 4.90 Å². The number of carbonyl (C=O) groups is 2. The van der Waals surface area contributed by atoms with Crippen LogP contribution in [-0.2, 0) is 20.7 Å². The number of esters is 1. The lowest BCUT2D eigenvalue weighted by molar-refractivity contribution is -0.139. The summed E-state index contributed by atoms with van der Waals surface area (Å²) in [5.74, 6) is -0.663. The molecule has 2 rings (SSSR count). The number of methoxy groups -OCH3 is 1. The van der Waals surface area contributed by atoms with E-state index in [0.717, 1.165) is 0 Å². The molecule has 120 valence electrons. The second-order valence-corrected chi connectivity index (χ2v) is 5.62. The maximum Gasteiger partial charge on any atom is 0.310 e. The van der Waals surface area contributed by atoms with Gasteiger partial charge in [-0.1, -0.05) is 47.5 Å². The number of ether oxygens (including phenoxy) is 1. The van der Waals surface area contributed by atoms with Crippen molar-refractivity contribution in [3.63, 3.8) is 0 Å². The van der Waals surface area contributed by atoms with Gasteiger partial charge in [-0.3, -0.25) is 14.5 Å². The molecule has 0 aromatic heterocycles. The average molecular weight is 352 g/mol. The van der Waals surface area contributed by atoms with Gasteiger partial charge in [0.25, 0.3) is 0 Å². The maximum atomic E-state index is 12.2. The Morgan fingerprint density at radius 1 is 1.04 bits per heavy atom. The van der Waals surface area contributed by atoms with Crippen LogP contribution in [0.3, 0.4) is 0 Å². The largest absolute Gasteiger partial charge is 0.469 e. The van der Waals surface area contributed by atoms with E-state index >= 15 is 0 Å². The number of hydrogen-bond acceptors (Lipinski definition) is 3. The second-order valence-electron chi connectivity index (χ2n) is 4.81. The Kier molecular flexibility index (Phi) is 5.64. The van der Waals surface area contributed by atoms with Crippen molar-refractivity contribution in [2.24, 2.45) is 0 Å². The molecule has 0 fully saturated rings. The van der Waals surface area contributed by atoms with Crippen molar-refractivity contribution in [1.29, 1.82) is 0 Å². The first-order valence-electron chi connectivity index (χ1n) is 6.85. The minimum Gasteiger partial charge on any atom is -0.469 e. The molecule has 0 aliphatic carbocycles. The van der Waals surface area contributed by atoms with E-state index in [4.69, 9.17) is 27.9 Å². The first kappa shape index (κ1) is 17.3. The summed E-state index contributed by atoms with van der Waals surface area (Å²) in [5.41, 5.74) is 1.58. The van der Waals surface area contributed by atoms with Crippen LogP contribution in [0.15, 0.2) is 42.5 Å². The van der Waals surface area contributed by atoms with Crippen molar-refractivity contribution < 1.29 is 14.3 Å². The molecule has 6 heteroatoms. The highest BCUT2D eigenvalue weighted by Gasteiger charge is 2.23. The van der Waals surface area contributed by atoms with Gasteiger partial charge in [0.2, 0.25) is 5.91 Å². The summed E-state index contributed by atoms with van der Waals surface area (Å²) in [6.45, 7) is 1.41. The number of carbonyl (C=O) groups excluding carboxylic acids is 2. The molecule has 0 spiro atoms. The fourth-order valence-corrected chi connectivity index (χ4v) is 2.82. The highest BCUT2D eigenvalue weighted by atomic mass is 35.5. The first-order valence-corrected chi connectivity index (χ1v) is 7.60. The summed E-state index contributed by atoms with van der Waals surface area (Å²) in [5, 5.41) is 0.696. The number of benzene rings is 2. The number of amides is 1. The average Bonchev–Trinajstić information content (AvgIpc) is 2.51. The zero-order chi connectivity index (χ0) is 17.0. The second kappa shape index (κ2) is 7.49. The first-order chi connectivity index (χ1) is 11.0. The highest BCUT2D eigenvalue weighted by molar-refractivity contribution is 6.40. The SMILES string of the molecule is COC(=O)Cc1ccccc1N(C(C)=O)c1c(Cl)cccc1Cl. The lowest BCUT2D eigenvalue weighted by atomic mass is 10.1. The van der Waals surface area contributed by atoms with Crippen LogP contribution in [0, 0.1) is 0 Å². The van der Waals surface area contributed by atoms with E-state index in [9.17, 15) is 9.59 Å². The van der Waals surface area contributed by atoms with E-state index in [1.54, 1.807) is 42.5 Å². The molecule has 0 atom stereocenters. The Bertz CT molecular complexity index is 726. The minimum atomic E-state index is -0.397. The number of anilines is 2. The lowest BCUT2D eigenvalue weighted by Gasteiger charge is -2.25. The van der Waals surface area contributed by atoms with Crippen LogP contribution in [0.2, 0.25) is 10.0 Å². The molecule has 2 aromatic carbocycles. The lowest BCUT2D eigenvalue weighted by Crippen LogP contribution is -2.25. The van der Waals surface area contributed by atoms with Gasteiger partial charge in [-0.2, -0.15) is 0 Å². The molecule has 0 aliphatic heterocycles. The minimum absolute atomic E-state index is 0.0402. The van der Waals surface area contributed by atoms with Crippen LogP contribution in [0.1, 0.15) is 12.5 Å². The Morgan fingerprint density at radius 3 is 2.22 bits per heavy atom. The Hall–Kier alpha value is -2.04. The smallest absolute Gasteiger partial charge is 0.310 e. The van der Waals surface area contributed by atoms with Crippen LogP contribution >= 0.6 is 23.2 Å². The van der Waals surface area contributed by atoms with Gasteiger partial charge in [-0.15, -0.1) is 0 Å². The van der Waals surface area contributed by atoms with Crippen molar-refractivity contribution in [1.82, 2.24) is 0 Å². The molecule has 0 heterocycles. The fraction of sp³-hybridized carbons (Fsp3) is 0.176. The zero-order valence-electron chi connectivity index (χ0n) is 12.7. The highest BCUT2D eigenvalue weighted by Crippen LogP contribution is 2.39. The summed E-state index contributed by atoms with van der Waals surface area (Å²) in [6, 6.07) is 12.1. The van der Waals surface area contributed by atoms with Gasteiger partial charge < -0.3 is 4.74 Å². The molecule has 2 aromatic rings. The van der Waals surface area contributed by atoms with Crippen molar-refractivity contribution in [2.75, 3.05) is 12.0 Å². The van der Waals surface area contributed by atoms with Gasteiger partial charge >= 0.3 is 5.97 Å². The third-order valence-corrected chi connectivity index (χ3v) is 3.88. The molecular formula is C17H15Cl2NO3. The normalized spacial score (nSPS) is 10.3. The van der Waals surface area contributed by atoms with Crippen molar-refractivity contribution in [3.05, 3.63) is 58.1 Å². The zero-order valence-corrected chi connectivity index (χ0v) is 14.2. The molecular weight excluding hydrogens is 337 g/mol. The summed E-state index contributed by atoms with van der Waals surface area (Å²) < 4.78 is 4.71. The van der Waals surface area contributed by atoms with Crippen molar-refractivity contribution in [3.8, 4) is 0 Å². The number of rotatable bonds is 4. The third-order valence-electron chi connectivity index (χ3n) is 3.27. The van der Waals surface area contributed by atoms with Gasteiger partial charge in [-0.05, 0) is 23.8 Å². The molecule has 0 unspecified atom stereocenters. The fourth-order valence-electron chi connectivity index (χ4n) is 2.26. The van der Waals surface area contributed by atoms with Crippen molar-refractivity contribution >= 4 is 46.5 Å². The topological polar surface area (TPSA) is 46.6 Å².